The van der Waals surface area contributed by atoms with Gasteiger partial charge in [0.15, 0.2) is 0 Å². The van der Waals surface area contributed by atoms with E-state index in [0.717, 1.165) is 195 Å². The molecule has 0 aromatic carbocycles. The van der Waals surface area contributed by atoms with Crippen molar-refractivity contribution in [1.82, 2.24) is 19.6 Å². The van der Waals surface area contributed by atoms with Gasteiger partial charge in [0.2, 0.25) is 0 Å². The van der Waals surface area contributed by atoms with Gasteiger partial charge in [0.25, 0.3) is 0 Å². The van der Waals surface area contributed by atoms with Crippen molar-refractivity contribution in [1.29, 1.82) is 0 Å². The Morgan fingerprint density at radius 2 is 0.579 bits per heavy atom. The molecule has 13 heteroatoms. The smallest absolute Gasteiger partial charge is 0.0566 e. The van der Waals surface area contributed by atoms with E-state index < -0.39 is 0 Å². The first-order chi connectivity index (χ1) is 28.0. The number of nitrogens with zero attached hydrogens (tertiary/aromatic N) is 4. The number of rotatable bonds is 48. The monoisotopic (exact) mass is 817 g/mol. The molecule has 0 aromatic heterocycles. The highest BCUT2D eigenvalue weighted by Gasteiger charge is 2.31. The van der Waals surface area contributed by atoms with Crippen LogP contribution < -0.4 is 34.4 Å². The fourth-order valence-corrected chi connectivity index (χ4v) is 7.38. The molecule has 0 aromatic rings. The minimum atomic E-state index is -0.194. The van der Waals surface area contributed by atoms with Crippen molar-refractivity contribution in [2.45, 2.75) is 123 Å². The Kier molecular flexibility index (Phi) is 43.2. The van der Waals surface area contributed by atoms with Gasteiger partial charge in [0.05, 0.1) is 19.8 Å². The molecule has 0 heterocycles. The van der Waals surface area contributed by atoms with Gasteiger partial charge < -0.3 is 68.2 Å². The van der Waals surface area contributed by atoms with Gasteiger partial charge in [-0.15, -0.1) is 0 Å². The summed E-state index contributed by atoms with van der Waals surface area (Å²) < 4.78 is 19.8. The summed E-state index contributed by atoms with van der Waals surface area (Å²) in [6.07, 6.45) is 18.5. The van der Waals surface area contributed by atoms with Crippen LogP contribution in [0, 0.1) is 5.41 Å². The molecule has 0 saturated heterocycles. The Labute approximate surface area is 353 Å². The quantitative estimate of drug-likeness (QED) is 0.0488. The topological polar surface area (TPSA) is 197 Å². The van der Waals surface area contributed by atoms with E-state index in [0.29, 0.717) is 32.9 Å². The van der Waals surface area contributed by atoms with Crippen molar-refractivity contribution in [3.05, 3.63) is 0 Å². The first kappa shape index (κ1) is 56.5. The van der Waals surface area contributed by atoms with Crippen LogP contribution in [-0.2, 0) is 14.2 Å². The number of ether oxygens (including phenoxy) is 3. The highest BCUT2D eigenvalue weighted by Crippen LogP contribution is 2.28. The SMILES string of the molecule is CCCCN(CCCN)CCCOCC(CCCCCN(CCCN)CCCN)(COCCCN(CCCC)CCCN)COCCCN(CCCN)CCCN. The van der Waals surface area contributed by atoms with Crippen molar-refractivity contribution in [2.24, 2.45) is 39.8 Å². The van der Waals surface area contributed by atoms with Crippen LogP contribution in [-0.4, -0.2) is 177 Å². The predicted octanol–water partition coefficient (Wildman–Crippen LogP) is 3.65. The molecule has 0 fully saturated rings. The van der Waals surface area contributed by atoms with Gasteiger partial charge >= 0.3 is 0 Å². The Morgan fingerprint density at radius 3 is 0.860 bits per heavy atom. The minimum Gasteiger partial charge on any atom is -0.381 e. The third kappa shape index (κ3) is 34.8. The summed E-state index contributed by atoms with van der Waals surface area (Å²) in [5.74, 6) is 0. The Hall–Kier alpha value is -0.520. The zero-order valence-corrected chi connectivity index (χ0v) is 38.0. The van der Waals surface area contributed by atoms with Crippen molar-refractivity contribution in [2.75, 3.05) is 157 Å². The molecule has 0 spiro atoms. The maximum atomic E-state index is 6.61. The molecule has 0 unspecified atom stereocenters. The van der Waals surface area contributed by atoms with Crippen molar-refractivity contribution in [3.63, 3.8) is 0 Å². The van der Waals surface area contributed by atoms with Gasteiger partial charge in [0, 0.05) is 44.9 Å². The minimum absolute atomic E-state index is 0.194. The summed E-state index contributed by atoms with van der Waals surface area (Å²) in [5.41, 5.74) is 34.9. The number of unbranched alkanes of at least 4 members (excludes halogenated alkanes) is 4. The summed E-state index contributed by atoms with van der Waals surface area (Å²) in [6.45, 7) is 25.8. The van der Waals surface area contributed by atoms with Gasteiger partial charge in [0.1, 0.15) is 0 Å². The Balaban J connectivity index is 5.76. The van der Waals surface area contributed by atoms with E-state index in [1.807, 2.05) is 0 Å². The zero-order valence-electron chi connectivity index (χ0n) is 38.0. The lowest BCUT2D eigenvalue weighted by Crippen LogP contribution is -2.39. The van der Waals surface area contributed by atoms with Crippen molar-refractivity contribution < 1.29 is 14.2 Å². The average molecular weight is 817 g/mol. The summed E-state index contributed by atoms with van der Waals surface area (Å²) >= 11 is 0. The first-order valence-electron chi connectivity index (χ1n) is 23.8. The van der Waals surface area contributed by atoms with Crippen LogP contribution in [0.25, 0.3) is 0 Å². The molecular formula is C44H100N10O3. The van der Waals surface area contributed by atoms with Gasteiger partial charge in [-0.2, -0.15) is 0 Å². The van der Waals surface area contributed by atoms with Gasteiger partial charge in [-0.25, -0.2) is 0 Å². The molecule has 0 radical (unpaired) electrons. The first-order valence-corrected chi connectivity index (χ1v) is 23.8. The van der Waals surface area contributed by atoms with E-state index in [1.165, 1.54) is 38.5 Å². The van der Waals surface area contributed by atoms with E-state index in [1.54, 1.807) is 0 Å². The van der Waals surface area contributed by atoms with Gasteiger partial charge in [-0.1, -0.05) is 39.5 Å². The molecule has 0 aliphatic rings. The lowest BCUT2D eigenvalue weighted by Gasteiger charge is -2.34. The average Bonchev–Trinajstić information content (AvgIpc) is 3.22. The predicted molar refractivity (Wildman–Crippen MR) is 245 cm³/mol. The third-order valence-corrected chi connectivity index (χ3v) is 10.9. The van der Waals surface area contributed by atoms with Crippen LogP contribution in [0.2, 0.25) is 0 Å². The van der Waals surface area contributed by atoms with Gasteiger partial charge in [-0.05, 0) is 182 Å². The summed E-state index contributed by atoms with van der Waals surface area (Å²) in [6, 6.07) is 0. The molecule has 0 saturated carbocycles. The molecule has 0 atom stereocenters. The molecule has 0 aliphatic carbocycles. The normalized spacial score (nSPS) is 12.4. The molecule has 344 valence electrons. The fourth-order valence-electron chi connectivity index (χ4n) is 7.38. The van der Waals surface area contributed by atoms with Crippen LogP contribution in [0.1, 0.15) is 123 Å². The van der Waals surface area contributed by atoms with E-state index in [4.69, 9.17) is 48.6 Å². The largest absolute Gasteiger partial charge is 0.381 e. The Bertz CT molecular complexity index is 633. The van der Waals surface area contributed by atoms with E-state index in [-0.39, 0.29) is 5.41 Å². The lowest BCUT2D eigenvalue weighted by molar-refractivity contribution is -0.0770. The third-order valence-electron chi connectivity index (χ3n) is 10.9. The Morgan fingerprint density at radius 1 is 0.316 bits per heavy atom. The van der Waals surface area contributed by atoms with E-state index in [2.05, 4.69) is 33.4 Å². The van der Waals surface area contributed by atoms with E-state index in [9.17, 15) is 0 Å². The van der Waals surface area contributed by atoms with Crippen LogP contribution in [0.15, 0.2) is 0 Å². The number of hydrogen-bond donors (Lipinski definition) is 6. The second-order valence-corrected chi connectivity index (χ2v) is 16.5. The maximum Gasteiger partial charge on any atom is 0.0566 e. The van der Waals surface area contributed by atoms with Crippen LogP contribution >= 0.6 is 0 Å². The molecule has 0 bridgehead atoms. The second kappa shape index (κ2) is 43.6. The van der Waals surface area contributed by atoms with E-state index >= 15 is 0 Å². The molecular weight excluding hydrogens is 717 g/mol. The van der Waals surface area contributed by atoms with Crippen LogP contribution in [0.4, 0.5) is 0 Å². The maximum absolute atomic E-state index is 6.61. The van der Waals surface area contributed by atoms with Gasteiger partial charge in [-0.3, -0.25) is 0 Å². The molecule has 0 aliphatic heterocycles. The lowest BCUT2D eigenvalue weighted by atomic mass is 9.84. The molecule has 13 nitrogen and oxygen atoms in total. The fraction of sp³-hybridized carbons (Fsp3) is 1.00. The van der Waals surface area contributed by atoms with Crippen molar-refractivity contribution >= 4 is 0 Å². The standard InChI is InChI=1S/C44H100N10O3/c1-3-5-26-51(29-10-20-45)35-16-38-55-41-44(19-8-7-9-28-53(31-12-22-47)32-13-23-48,42-56-39-17-36-52(27-6-4-2)30-11-21-46)43-57-40-18-37-54(33-14-24-49)34-15-25-50/h3-43,45-50H2,1-2H3. The molecule has 0 rings (SSSR count). The molecule has 57 heavy (non-hydrogen) atoms. The molecule has 0 amide bonds. The van der Waals surface area contributed by atoms with Crippen molar-refractivity contribution in [3.8, 4) is 0 Å². The summed E-state index contributed by atoms with van der Waals surface area (Å²) in [5, 5.41) is 0. The van der Waals surface area contributed by atoms with Crippen LogP contribution in [0.5, 0.6) is 0 Å². The highest BCUT2D eigenvalue weighted by molar-refractivity contribution is 4.80. The zero-order chi connectivity index (χ0) is 41.9. The second-order valence-electron chi connectivity index (χ2n) is 16.5. The summed E-state index contributed by atoms with van der Waals surface area (Å²) in [4.78, 5) is 10.2. The number of hydrogen-bond acceptors (Lipinski definition) is 13. The number of nitrogens with two attached hydrogens (primary N) is 6. The molecule has 12 N–H and O–H groups in total. The highest BCUT2D eigenvalue weighted by atomic mass is 16.5. The van der Waals surface area contributed by atoms with Crippen LogP contribution in [0.3, 0.4) is 0 Å². The summed E-state index contributed by atoms with van der Waals surface area (Å²) in [7, 11) is 0.